The van der Waals surface area contributed by atoms with Gasteiger partial charge in [-0.2, -0.15) is 0 Å². The van der Waals surface area contributed by atoms with Crippen molar-refractivity contribution in [3.05, 3.63) is 41.0 Å². The van der Waals surface area contributed by atoms with E-state index in [1.807, 2.05) is 13.8 Å². The molecule has 1 aromatic rings. The van der Waals surface area contributed by atoms with Gasteiger partial charge in [0.15, 0.2) is 0 Å². The lowest BCUT2D eigenvalue weighted by Crippen LogP contribution is -2.33. The van der Waals surface area contributed by atoms with Crippen LogP contribution >= 0.6 is 0 Å². The summed E-state index contributed by atoms with van der Waals surface area (Å²) in [5.74, 6) is 0.995. The van der Waals surface area contributed by atoms with Gasteiger partial charge in [-0.05, 0) is 60.8 Å². The fraction of sp³-hybridized carbons (Fsp3) is 0.579. The van der Waals surface area contributed by atoms with Crippen LogP contribution in [0.15, 0.2) is 24.3 Å². The smallest absolute Gasteiger partial charge is 0.122 e. The Bertz CT molecular complexity index is 521. The molecule has 1 aliphatic rings. The van der Waals surface area contributed by atoms with E-state index in [0.717, 1.165) is 5.76 Å². The maximum absolute atomic E-state index is 5.75. The van der Waals surface area contributed by atoms with E-state index in [1.54, 1.807) is 0 Å². The Hall–Kier alpha value is -1.24. The minimum atomic E-state index is 0.256. The minimum absolute atomic E-state index is 0.256. The quantitative estimate of drug-likeness (QED) is 0.666. The third kappa shape index (κ3) is 2.63. The van der Waals surface area contributed by atoms with Crippen LogP contribution in [0.3, 0.4) is 0 Å². The monoisotopic (exact) mass is 272 g/mol. The van der Waals surface area contributed by atoms with Crippen molar-refractivity contribution in [2.24, 2.45) is 0 Å². The summed E-state index contributed by atoms with van der Waals surface area (Å²) in [4.78, 5) is 0. The molecule has 0 radical (unpaired) electrons. The highest BCUT2D eigenvalue weighted by Crippen LogP contribution is 2.46. The molecule has 1 aliphatic carbocycles. The zero-order valence-electron chi connectivity index (χ0n) is 13.8. The van der Waals surface area contributed by atoms with Crippen LogP contribution in [0.2, 0.25) is 0 Å². The predicted molar refractivity (Wildman–Crippen MR) is 87.0 cm³/mol. The van der Waals surface area contributed by atoms with Gasteiger partial charge in [0.2, 0.25) is 0 Å². The number of allylic oxidation sites excluding steroid dienone is 1. The van der Waals surface area contributed by atoms with E-state index in [-0.39, 0.29) is 10.8 Å². The predicted octanol–water partition coefficient (Wildman–Crippen LogP) is 5.43. The number of ether oxygens (including phenoxy) is 1. The number of rotatable bonds is 3. The largest absolute Gasteiger partial charge is 0.494 e. The van der Waals surface area contributed by atoms with Crippen molar-refractivity contribution in [3.8, 4) is 0 Å². The molecule has 0 aliphatic heterocycles. The molecule has 1 heteroatoms. The number of hydrogen-bond donors (Lipinski definition) is 0. The van der Waals surface area contributed by atoms with E-state index in [4.69, 9.17) is 4.74 Å². The molecule has 0 amide bonds. The van der Waals surface area contributed by atoms with Gasteiger partial charge < -0.3 is 4.74 Å². The van der Waals surface area contributed by atoms with Gasteiger partial charge in [-0.1, -0.05) is 39.8 Å². The lowest BCUT2D eigenvalue weighted by molar-refractivity contribution is 0.297. The second kappa shape index (κ2) is 5.27. The zero-order chi connectivity index (χ0) is 15.0. The molecule has 0 saturated heterocycles. The second-order valence-electron chi connectivity index (χ2n) is 7.11. The normalized spacial score (nSPS) is 20.4. The fourth-order valence-corrected chi connectivity index (χ4v) is 3.23. The van der Waals surface area contributed by atoms with Crippen LogP contribution in [-0.4, -0.2) is 6.61 Å². The van der Waals surface area contributed by atoms with E-state index >= 15 is 0 Å². The highest BCUT2D eigenvalue weighted by molar-refractivity contribution is 5.62. The molecule has 0 heterocycles. The number of fused-ring (bicyclic) bond motifs is 1. The second-order valence-corrected chi connectivity index (χ2v) is 7.11. The molecule has 1 nitrogen and oxygen atoms in total. The van der Waals surface area contributed by atoms with Crippen molar-refractivity contribution in [1.29, 1.82) is 0 Å². The Morgan fingerprint density at radius 1 is 1.10 bits per heavy atom. The first-order valence-electron chi connectivity index (χ1n) is 7.76. The Labute approximate surface area is 124 Å². The molecule has 0 aromatic heterocycles. The van der Waals surface area contributed by atoms with Crippen LogP contribution < -0.4 is 0 Å². The third-order valence-electron chi connectivity index (χ3n) is 4.70. The molecular weight excluding hydrogens is 244 g/mol. The van der Waals surface area contributed by atoms with Gasteiger partial charge >= 0.3 is 0 Å². The molecule has 0 N–H and O–H groups in total. The topological polar surface area (TPSA) is 9.23 Å². The molecule has 110 valence electrons. The summed E-state index contributed by atoms with van der Waals surface area (Å²) < 4.78 is 5.75. The summed E-state index contributed by atoms with van der Waals surface area (Å²) in [6.07, 6.45) is 4.57. The molecule has 0 saturated carbocycles. The SMILES string of the molecule is CC=C(OCC)c1ccc2c(c1)C(C)(C)CCC2(C)C. The Balaban J connectivity index is 2.54. The third-order valence-corrected chi connectivity index (χ3v) is 4.70. The Kier molecular flexibility index (Phi) is 4.00. The van der Waals surface area contributed by atoms with Gasteiger partial charge in [0.05, 0.1) is 6.61 Å². The van der Waals surface area contributed by atoms with Gasteiger partial charge in [0.1, 0.15) is 5.76 Å². The first-order chi connectivity index (χ1) is 9.31. The molecular formula is C19H28O. The molecule has 0 spiro atoms. The molecule has 0 atom stereocenters. The van der Waals surface area contributed by atoms with Crippen LogP contribution in [0.5, 0.6) is 0 Å². The van der Waals surface area contributed by atoms with E-state index < -0.39 is 0 Å². The first-order valence-corrected chi connectivity index (χ1v) is 7.76. The van der Waals surface area contributed by atoms with Crippen LogP contribution in [0.1, 0.15) is 71.1 Å². The van der Waals surface area contributed by atoms with E-state index in [1.165, 1.54) is 29.5 Å². The Morgan fingerprint density at radius 2 is 1.70 bits per heavy atom. The minimum Gasteiger partial charge on any atom is -0.494 e. The van der Waals surface area contributed by atoms with Gasteiger partial charge in [0, 0.05) is 5.56 Å². The fourth-order valence-electron chi connectivity index (χ4n) is 3.23. The summed E-state index contributed by atoms with van der Waals surface area (Å²) in [5, 5.41) is 0. The van der Waals surface area contributed by atoms with Crippen LogP contribution in [0.25, 0.3) is 5.76 Å². The molecule has 0 bridgehead atoms. The maximum Gasteiger partial charge on any atom is 0.122 e. The standard InChI is InChI=1S/C19H28O/c1-7-17(20-8-2)14-9-10-15-16(13-14)19(5,6)12-11-18(15,3)4/h7,9-10,13H,8,11-12H2,1-6H3. The van der Waals surface area contributed by atoms with Crippen molar-refractivity contribution >= 4 is 5.76 Å². The van der Waals surface area contributed by atoms with Crippen molar-refractivity contribution in [1.82, 2.24) is 0 Å². The lowest BCUT2D eigenvalue weighted by atomic mass is 9.63. The lowest BCUT2D eigenvalue weighted by Gasteiger charge is -2.42. The van der Waals surface area contributed by atoms with Gasteiger partial charge in [0.25, 0.3) is 0 Å². The number of hydrogen-bond acceptors (Lipinski definition) is 1. The Morgan fingerprint density at radius 3 is 2.25 bits per heavy atom. The molecule has 0 unspecified atom stereocenters. The van der Waals surface area contributed by atoms with E-state index in [0.29, 0.717) is 6.61 Å². The van der Waals surface area contributed by atoms with Crippen LogP contribution in [0.4, 0.5) is 0 Å². The average Bonchev–Trinajstić information content (AvgIpc) is 2.41. The molecule has 20 heavy (non-hydrogen) atoms. The molecule has 2 rings (SSSR count). The van der Waals surface area contributed by atoms with Gasteiger partial charge in [-0.3, -0.25) is 0 Å². The van der Waals surface area contributed by atoms with E-state index in [2.05, 4.69) is 52.0 Å². The summed E-state index contributed by atoms with van der Waals surface area (Å²) in [7, 11) is 0. The molecule has 0 fully saturated rings. The van der Waals surface area contributed by atoms with Crippen molar-refractivity contribution in [3.63, 3.8) is 0 Å². The first kappa shape index (κ1) is 15.2. The number of benzene rings is 1. The van der Waals surface area contributed by atoms with Gasteiger partial charge in [-0.25, -0.2) is 0 Å². The highest BCUT2D eigenvalue weighted by Gasteiger charge is 2.37. The average molecular weight is 272 g/mol. The van der Waals surface area contributed by atoms with E-state index in [9.17, 15) is 0 Å². The van der Waals surface area contributed by atoms with Crippen molar-refractivity contribution < 1.29 is 4.74 Å². The van der Waals surface area contributed by atoms with Crippen molar-refractivity contribution in [2.45, 2.75) is 65.2 Å². The summed E-state index contributed by atoms with van der Waals surface area (Å²) in [6, 6.07) is 6.88. The highest BCUT2D eigenvalue weighted by atomic mass is 16.5. The zero-order valence-corrected chi connectivity index (χ0v) is 13.8. The molecule has 1 aromatic carbocycles. The summed E-state index contributed by atoms with van der Waals surface area (Å²) >= 11 is 0. The summed E-state index contributed by atoms with van der Waals surface area (Å²) in [5.41, 5.74) is 4.74. The summed E-state index contributed by atoms with van der Waals surface area (Å²) in [6.45, 7) is 14.2. The maximum atomic E-state index is 5.75. The van der Waals surface area contributed by atoms with Crippen LogP contribution in [-0.2, 0) is 15.6 Å². The van der Waals surface area contributed by atoms with Crippen molar-refractivity contribution in [2.75, 3.05) is 6.61 Å². The van der Waals surface area contributed by atoms with Crippen LogP contribution in [0, 0.1) is 0 Å². The van der Waals surface area contributed by atoms with Gasteiger partial charge in [-0.15, -0.1) is 0 Å².